The highest BCUT2D eigenvalue weighted by molar-refractivity contribution is 5.70. The minimum atomic E-state index is -0.537. The molecule has 0 fully saturated rings. The van der Waals surface area contributed by atoms with Gasteiger partial charge in [0.2, 0.25) is 0 Å². The van der Waals surface area contributed by atoms with Crippen LogP contribution in [0.5, 0.6) is 0 Å². The van der Waals surface area contributed by atoms with E-state index in [1.165, 1.54) is 257 Å². The molecule has 0 saturated carbocycles. The van der Waals surface area contributed by atoms with Crippen molar-refractivity contribution in [3.63, 3.8) is 0 Å². The lowest BCUT2D eigenvalue weighted by Crippen LogP contribution is -2.30. The molecule has 0 aliphatic rings. The van der Waals surface area contributed by atoms with Crippen molar-refractivity contribution in [1.82, 2.24) is 0 Å². The first-order valence-corrected chi connectivity index (χ1v) is 30.9. The lowest BCUT2D eigenvalue weighted by molar-refractivity contribution is -0.163. The Morgan fingerprint density at radius 3 is 0.897 bits per heavy atom. The smallest absolute Gasteiger partial charge is 0.306 e. The van der Waals surface area contributed by atoms with Gasteiger partial charge in [0, 0.05) is 19.4 Å². The third-order valence-electron chi connectivity index (χ3n) is 14.0. The van der Waals surface area contributed by atoms with Crippen LogP contribution in [0.4, 0.5) is 0 Å². The number of carbonyl (C=O) groups is 2. The lowest BCUT2D eigenvalue weighted by atomic mass is 10.0. The van der Waals surface area contributed by atoms with Gasteiger partial charge in [0.05, 0.1) is 6.61 Å². The van der Waals surface area contributed by atoms with Crippen molar-refractivity contribution in [2.24, 2.45) is 0 Å². The molecule has 0 heterocycles. The van der Waals surface area contributed by atoms with Gasteiger partial charge in [-0.3, -0.25) is 9.59 Å². The number of esters is 2. The monoisotopic (exact) mass is 957 g/mol. The van der Waals surface area contributed by atoms with E-state index < -0.39 is 6.10 Å². The van der Waals surface area contributed by atoms with E-state index in [0.717, 1.165) is 51.4 Å². The second-order valence-corrected chi connectivity index (χ2v) is 21.0. The molecule has 1 unspecified atom stereocenters. The van der Waals surface area contributed by atoms with Crippen LogP contribution in [0.1, 0.15) is 342 Å². The SMILES string of the molecule is CCCCCCCC/C=C\CCCCCCCCCCOCC(COC(=O)CCCCCCCCCCCCCCCCCCCCC)OC(=O)CCCCCCC/C=C\CCCCCCCC. The fourth-order valence-electron chi connectivity index (χ4n) is 9.33. The van der Waals surface area contributed by atoms with Gasteiger partial charge in [-0.05, 0) is 70.6 Å². The van der Waals surface area contributed by atoms with E-state index in [1.54, 1.807) is 0 Å². The van der Waals surface area contributed by atoms with Crippen molar-refractivity contribution in [2.45, 2.75) is 348 Å². The van der Waals surface area contributed by atoms with Gasteiger partial charge in [-0.2, -0.15) is 0 Å². The fourth-order valence-corrected chi connectivity index (χ4v) is 9.33. The van der Waals surface area contributed by atoms with Gasteiger partial charge in [-0.25, -0.2) is 0 Å². The first-order chi connectivity index (χ1) is 33.6. The van der Waals surface area contributed by atoms with Gasteiger partial charge >= 0.3 is 11.9 Å². The summed E-state index contributed by atoms with van der Waals surface area (Å²) in [4.78, 5) is 25.6. The number of hydrogen-bond acceptors (Lipinski definition) is 5. The van der Waals surface area contributed by atoms with Crippen LogP contribution in [-0.4, -0.2) is 37.9 Å². The summed E-state index contributed by atoms with van der Waals surface area (Å²) in [7, 11) is 0. The molecule has 0 aromatic carbocycles. The number of carbonyl (C=O) groups excluding carboxylic acids is 2. The molecule has 0 amide bonds. The summed E-state index contributed by atoms with van der Waals surface area (Å²) in [6.07, 6.45) is 72.1. The Hall–Kier alpha value is -1.62. The largest absolute Gasteiger partial charge is 0.462 e. The summed E-state index contributed by atoms with van der Waals surface area (Å²) in [5.41, 5.74) is 0. The predicted octanol–water partition coefficient (Wildman–Crippen LogP) is 21.1. The van der Waals surface area contributed by atoms with E-state index in [1.807, 2.05) is 0 Å². The first kappa shape index (κ1) is 66.4. The number of hydrogen-bond donors (Lipinski definition) is 0. The summed E-state index contributed by atoms with van der Waals surface area (Å²) >= 11 is 0. The molecule has 0 aromatic heterocycles. The fraction of sp³-hybridized carbons (Fsp3) is 0.905. The highest BCUT2D eigenvalue weighted by Gasteiger charge is 2.17. The molecular weight excluding hydrogens is 837 g/mol. The molecule has 0 aliphatic heterocycles. The van der Waals surface area contributed by atoms with Crippen molar-refractivity contribution in [1.29, 1.82) is 0 Å². The van der Waals surface area contributed by atoms with E-state index in [9.17, 15) is 9.59 Å². The zero-order valence-electron chi connectivity index (χ0n) is 46.4. The third kappa shape index (κ3) is 57.0. The van der Waals surface area contributed by atoms with Gasteiger partial charge < -0.3 is 14.2 Å². The molecule has 1 atom stereocenters. The maximum absolute atomic E-state index is 12.9. The van der Waals surface area contributed by atoms with Gasteiger partial charge in [-0.1, -0.05) is 283 Å². The third-order valence-corrected chi connectivity index (χ3v) is 14.0. The summed E-state index contributed by atoms with van der Waals surface area (Å²) in [6, 6.07) is 0. The summed E-state index contributed by atoms with van der Waals surface area (Å²) in [6.45, 7) is 7.88. The van der Waals surface area contributed by atoms with Crippen molar-refractivity contribution in [2.75, 3.05) is 19.8 Å². The minimum Gasteiger partial charge on any atom is -0.462 e. The Morgan fingerprint density at radius 2 is 0.574 bits per heavy atom. The second-order valence-electron chi connectivity index (χ2n) is 21.0. The Balaban J connectivity index is 4.21. The van der Waals surface area contributed by atoms with Gasteiger partial charge in [-0.15, -0.1) is 0 Å². The minimum absolute atomic E-state index is 0.0883. The summed E-state index contributed by atoms with van der Waals surface area (Å²) in [5, 5.41) is 0. The molecule has 0 rings (SSSR count). The molecule has 5 nitrogen and oxygen atoms in total. The average Bonchev–Trinajstić information content (AvgIpc) is 3.34. The molecule has 0 spiro atoms. The highest BCUT2D eigenvalue weighted by Crippen LogP contribution is 2.17. The van der Waals surface area contributed by atoms with Crippen LogP contribution in [0.2, 0.25) is 0 Å². The molecule has 0 radical (unpaired) electrons. The lowest BCUT2D eigenvalue weighted by Gasteiger charge is -2.18. The molecule has 0 aliphatic carbocycles. The normalized spacial score (nSPS) is 12.2. The maximum Gasteiger partial charge on any atom is 0.306 e. The second kappa shape index (κ2) is 59.7. The van der Waals surface area contributed by atoms with Gasteiger partial charge in [0.1, 0.15) is 6.61 Å². The number of rotatable bonds is 58. The number of unbranched alkanes of at least 4 members (excludes halogenated alkanes) is 43. The van der Waals surface area contributed by atoms with Crippen molar-refractivity contribution >= 4 is 11.9 Å². The van der Waals surface area contributed by atoms with E-state index in [2.05, 4.69) is 45.1 Å². The quantitative estimate of drug-likeness (QED) is 0.0345. The zero-order chi connectivity index (χ0) is 49.2. The van der Waals surface area contributed by atoms with Crippen LogP contribution >= 0.6 is 0 Å². The van der Waals surface area contributed by atoms with Crippen LogP contribution in [-0.2, 0) is 23.8 Å². The standard InChI is InChI=1S/C63H120O5/c1-4-7-10-13-16-19-22-25-28-30-32-33-36-38-41-44-47-50-53-56-62(64)67-60-61(68-63(65)57-54-51-48-45-42-39-35-27-24-21-18-15-12-9-6-3)59-66-58-55-52-49-46-43-40-37-34-31-29-26-23-20-17-14-11-8-5-2/h26-27,29,35,61H,4-25,28,30-34,36-60H2,1-3H3/b29-26-,35-27-. The van der Waals surface area contributed by atoms with Crippen LogP contribution in [0, 0.1) is 0 Å². The van der Waals surface area contributed by atoms with Crippen molar-refractivity contribution < 1.29 is 23.8 Å². The Kier molecular flexibility index (Phi) is 58.3. The molecule has 68 heavy (non-hydrogen) atoms. The summed E-state index contributed by atoms with van der Waals surface area (Å²) < 4.78 is 17.5. The van der Waals surface area contributed by atoms with Gasteiger partial charge in [0.15, 0.2) is 6.10 Å². The van der Waals surface area contributed by atoms with E-state index in [-0.39, 0.29) is 25.2 Å². The van der Waals surface area contributed by atoms with Crippen LogP contribution in [0.3, 0.4) is 0 Å². The highest BCUT2D eigenvalue weighted by atomic mass is 16.6. The van der Waals surface area contributed by atoms with Crippen molar-refractivity contribution in [3.05, 3.63) is 24.3 Å². The molecule has 0 saturated heterocycles. The van der Waals surface area contributed by atoms with Gasteiger partial charge in [0.25, 0.3) is 0 Å². The van der Waals surface area contributed by atoms with E-state index >= 15 is 0 Å². The first-order valence-electron chi connectivity index (χ1n) is 30.9. The van der Waals surface area contributed by atoms with E-state index in [0.29, 0.717) is 19.4 Å². The van der Waals surface area contributed by atoms with Crippen LogP contribution in [0.15, 0.2) is 24.3 Å². The van der Waals surface area contributed by atoms with Crippen molar-refractivity contribution in [3.8, 4) is 0 Å². The molecule has 0 N–H and O–H groups in total. The average molecular weight is 958 g/mol. The summed E-state index contributed by atoms with van der Waals surface area (Å²) in [5.74, 6) is -0.384. The molecule has 0 aromatic rings. The molecular formula is C63H120O5. The maximum atomic E-state index is 12.9. The number of allylic oxidation sites excluding steroid dienone is 4. The van der Waals surface area contributed by atoms with Crippen LogP contribution in [0.25, 0.3) is 0 Å². The van der Waals surface area contributed by atoms with E-state index in [4.69, 9.17) is 14.2 Å². The molecule has 0 bridgehead atoms. The number of ether oxygens (including phenoxy) is 3. The Labute approximate surface area is 426 Å². The topological polar surface area (TPSA) is 61.8 Å². The Bertz CT molecular complexity index is 1040. The molecule has 402 valence electrons. The molecule has 5 heteroatoms. The Morgan fingerprint density at radius 1 is 0.309 bits per heavy atom. The van der Waals surface area contributed by atoms with Crippen LogP contribution < -0.4 is 0 Å². The zero-order valence-corrected chi connectivity index (χ0v) is 46.4. The predicted molar refractivity (Wildman–Crippen MR) is 298 cm³/mol.